The van der Waals surface area contributed by atoms with Gasteiger partial charge in [-0.3, -0.25) is 4.79 Å². The molecule has 0 aromatic heterocycles. The third kappa shape index (κ3) is 2.53. The Bertz CT molecular complexity index is 549. The Kier molecular flexibility index (Phi) is 3.45. The number of anilines is 1. The number of hydrogen-bond donors (Lipinski definition) is 2. The summed E-state index contributed by atoms with van der Waals surface area (Å²) in [7, 11) is 0. The molecule has 1 aromatic carbocycles. The van der Waals surface area contributed by atoms with E-state index in [9.17, 15) is 18.7 Å². The Morgan fingerprint density at radius 2 is 1.90 bits per heavy atom. The number of amides is 1. The Morgan fingerprint density at radius 1 is 1.24 bits per heavy atom. The number of aliphatic hydroxyl groups excluding tert-OH is 1. The van der Waals surface area contributed by atoms with Crippen molar-refractivity contribution >= 4 is 11.6 Å². The van der Waals surface area contributed by atoms with Crippen LogP contribution in [0.25, 0.3) is 0 Å². The predicted molar refractivity (Wildman–Crippen MR) is 73.6 cm³/mol. The Balaban J connectivity index is 1.89. The van der Waals surface area contributed by atoms with Crippen LogP contribution in [0, 0.1) is 17.0 Å². The summed E-state index contributed by atoms with van der Waals surface area (Å²) in [6.45, 7) is 0.390. The molecule has 0 radical (unpaired) electrons. The zero-order valence-corrected chi connectivity index (χ0v) is 11.6. The fourth-order valence-electron chi connectivity index (χ4n) is 3.69. The molecule has 3 atom stereocenters. The largest absolute Gasteiger partial charge is 0.393 e. The molecule has 6 heteroatoms. The summed E-state index contributed by atoms with van der Waals surface area (Å²) < 4.78 is 26.7. The molecule has 114 valence electrons. The van der Waals surface area contributed by atoms with Gasteiger partial charge < -0.3 is 15.7 Å². The second-order valence-electron chi connectivity index (χ2n) is 6.17. The number of nitrogens with zero attached hydrogens (tertiary/aromatic N) is 1. The van der Waals surface area contributed by atoms with Crippen molar-refractivity contribution in [1.82, 2.24) is 0 Å². The summed E-state index contributed by atoms with van der Waals surface area (Å²) in [6.07, 6.45) is 1.32. The molecular formula is C15H18F2N2O2. The normalized spacial score (nSPS) is 33.0. The molecule has 1 amide bonds. The molecule has 3 unspecified atom stereocenters. The number of nitrogens with two attached hydrogens (primary N) is 1. The van der Waals surface area contributed by atoms with Crippen LogP contribution in [0.2, 0.25) is 0 Å². The van der Waals surface area contributed by atoms with Crippen molar-refractivity contribution in [2.45, 2.75) is 37.8 Å². The first-order valence-corrected chi connectivity index (χ1v) is 7.11. The molecule has 4 nitrogen and oxygen atoms in total. The molecule has 1 saturated carbocycles. The fraction of sp³-hybridized carbons (Fsp3) is 0.533. The van der Waals surface area contributed by atoms with Crippen molar-refractivity contribution in [1.29, 1.82) is 0 Å². The lowest BCUT2D eigenvalue weighted by Gasteiger charge is -2.37. The molecule has 3 rings (SSSR count). The van der Waals surface area contributed by atoms with Crippen LogP contribution in [-0.2, 0) is 4.79 Å². The van der Waals surface area contributed by atoms with E-state index in [1.165, 1.54) is 4.90 Å². The molecule has 2 fully saturated rings. The highest BCUT2D eigenvalue weighted by molar-refractivity contribution is 6.00. The Labute approximate surface area is 121 Å². The van der Waals surface area contributed by atoms with E-state index in [2.05, 4.69) is 0 Å². The molecule has 1 aromatic rings. The zero-order valence-electron chi connectivity index (χ0n) is 11.6. The minimum Gasteiger partial charge on any atom is -0.393 e. The third-order valence-electron chi connectivity index (χ3n) is 4.53. The van der Waals surface area contributed by atoms with E-state index in [4.69, 9.17) is 5.73 Å². The maximum atomic E-state index is 13.3. The highest BCUT2D eigenvalue weighted by atomic mass is 19.1. The number of rotatable bonds is 1. The SMILES string of the molecule is NC1CC(O)CC2(CCN(c3cc(F)cc(F)c3)C2=O)C1. The first kappa shape index (κ1) is 14.4. The van der Waals surface area contributed by atoms with E-state index in [0.717, 1.165) is 18.2 Å². The minimum absolute atomic E-state index is 0.193. The van der Waals surface area contributed by atoms with Gasteiger partial charge in [-0.25, -0.2) is 8.78 Å². The van der Waals surface area contributed by atoms with Gasteiger partial charge in [-0.05, 0) is 37.8 Å². The fourth-order valence-corrected chi connectivity index (χ4v) is 3.69. The summed E-state index contributed by atoms with van der Waals surface area (Å²) in [6, 6.07) is 2.86. The summed E-state index contributed by atoms with van der Waals surface area (Å²) in [4.78, 5) is 14.1. The van der Waals surface area contributed by atoms with E-state index in [1.54, 1.807) is 0 Å². The van der Waals surface area contributed by atoms with Crippen molar-refractivity contribution in [3.63, 3.8) is 0 Å². The molecule has 1 spiro atoms. The quantitative estimate of drug-likeness (QED) is 0.826. The van der Waals surface area contributed by atoms with Crippen LogP contribution < -0.4 is 10.6 Å². The Hall–Kier alpha value is -1.53. The van der Waals surface area contributed by atoms with Crippen molar-refractivity contribution in [3.8, 4) is 0 Å². The maximum Gasteiger partial charge on any atom is 0.233 e. The lowest BCUT2D eigenvalue weighted by atomic mass is 9.70. The van der Waals surface area contributed by atoms with E-state index in [-0.39, 0.29) is 17.6 Å². The van der Waals surface area contributed by atoms with Gasteiger partial charge in [-0.1, -0.05) is 0 Å². The van der Waals surface area contributed by atoms with Crippen molar-refractivity contribution in [2.24, 2.45) is 11.1 Å². The van der Waals surface area contributed by atoms with Crippen molar-refractivity contribution in [3.05, 3.63) is 29.8 Å². The van der Waals surface area contributed by atoms with Crippen LogP contribution in [-0.4, -0.2) is 29.7 Å². The van der Waals surface area contributed by atoms with Crippen LogP contribution in [0.1, 0.15) is 25.7 Å². The van der Waals surface area contributed by atoms with Crippen molar-refractivity contribution in [2.75, 3.05) is 11.4 Å². The molecule has 0 bridgehead atoms. The van der Waals surface area contributed by atoms with Gasteiger partial charge in [-0.2, -0.15) is 0 Å². The van der Waals surface area contributed by atoms with Gasteiger partial charge in [0.1, 0.15) is 11.6 Å². The summed E-state index contributed by atoms with van der Waals surface area (Å²) in [5.41, 5.74) is 5.45. The summed E-state index contributed by atoms with van der Waals surface area (Å²) in [5, 5.41) is 9.90. The molecule has 3 N–H and O–H groups in total. The number of benzene rings is 1. The van der Waals surface area contributed by atoms with Gasteiger partial charge in [-0.15, -0.1) is 0 Å². The third-order valence-corrected chi connectivity index (χ3v) is 4.53. The second-order valence-corrected chi connectivity index (χ2v) is 6.17. The van der Waals surface area contributed by atoms with E-state index in [0.29, 0.717) is 32.2 Å². The molecule has 1 heterocycles. The van der Waals surface area contributed by atoms with E-state index >= 15 is 0 Å². The van der Waals surface area contributed by atoms with Gasteiger partial charge in [0, 0.05) is 24.3 Å². The highest BCUT2D eigenvalue weighted by Gasteiger charge is 2.51. The Morgan fingerprint density at radius 3 is 2.52 bits per heavy atom. The van der Waals surface area contributed by atoms with Gasteiger partial charge in [0.15, 0.2) is 0 Å². The molecule has 1 aliphatic carbocycles. The molecule has 2 aliphatic rings. The van der Waals surface area contributed by atoms with Crippen LogP contribution in [0.15, 0.2) is 18.2 Å². The average Bonchev–Trinajstić information content (AvgIpc) is 2.64. The van der Waals surface area contributed by atoms with Gasteiger partial charge >= 0.3 is 0 Å². The molecular weight excluding hydrogens is 278 g/mol. The topological polar surface area (TPSA) is 66.6 Å². The number of carbonyl (C=O) groups excluding carboxylic acids is 1. The first-order valence-electron chi connectivity index (χ1n) is 7.11. The molecule has 21 heavy (non-hydrogen) atoms. The van der Waals surface area contributed by atoms with E-state index < -0.39 is 23.2 Å². The van der Waals surface area contributed by atoms with Gasteiger partial charge in [0.05, 0.1) is 11.5 Å². The maximum absolute atomic E-state index is 13.3. The average molecular weight is 296 g/mol. The minimum atomic E-state index is -0.709. The predicted octanol–water partition coefficient (Wildman–Crippen LogP) is 1.56. The second kappa shape index (κ2) is 5.03. The molecule has 1 saturated heterocycles. The number of carbonyl (C=O) groups is 1. The number of hydrogen-bond acceptors (Lipinski definition) is 3. The lowest BCUT2D eigenvalue weighted by Crippen LogP contribution is -2.46. The first-order chi connectivity index (χ1) is 9.89. The molecule has 1 aliphatic heterocycles. The van der Waals surface area contributed by atoms with Crippen LogP contribution in [0.3, 0.4) is 0 Å². The number of aliphatic hydroxyl groups is 1. The summed E-state index contributed by atoms with van der Waals surface area (Å²) >= 11 is 0. The zero-order chi connectivity index (χ0) is 15.2. The van der Waals surface area contributed by atoms with Crippen molar-refractivity contribution < 1.29 is 18.7 Å². The smallest absolute Gasteiger partial charge is 0.233 e. The van der Waals surface area contributed by atoms with Crippen LogP contribution >= 0.6 is 0 Å². The highest BCUT2D eigenvalue weighted by Crippen LogP contribution is 2.45. The van der Waals surface area contributed by atoms with Crippen LogP contribution in [0.4, 0.5) is 14.5 Å². The monoisotopic (exact) mass is 296 g/mol. The summed E-state index contributed by atoms with van der Waals surface area (Å²) in [5.74, 6) is -1.61. The standard InChI is InChI=1S/C15H18F2N2O2/c16-9-3-10(17)5-12(4-9)19-2-1-15(14(19)21)7-11(18)6-13(20)8-15/h3-5,11,13,20H,1-2,6-8,18H2. The number of halogens is 2. The van der Waals surface area contributed by atoms with E-state index in [1.807, 2.05) is 0 Å². The van der Waals surface area contributed by atoms with Gasteiger partial charge in [0.25, 0.3) is 0 Å². The lowest BCUT2D eigenvalue weighted by molar-refractivity contribution is -0.129. The van der Waals surface area contributed by atoms with Crippen LogP contribution in [0.5, 0.6) is 0 Å². The van der Waals surface area contributed by atoms with Gasteiger partial charge in [0.2, 0.25) is 5.91 Å².